The maximum Gasteiger partial charge on any atom is 0.408 e. The maximum atomic E-state index is 14.2. The van der Waals surface area contributed by atoms with Gasteiger partial charge >= 0.3 is 6.18 Å². The molecule has 0 spiro atoms. The van der Waals surface area contributed by atoms with Crippen molar-refractivity contribution in [2.45, 2.75) is 103 Å². The summed E-state index contributed by atoms with van der Waals surface area (Å²) in [7, 11) is 0. The van der Waals surface area contributed by atoms with Gasteiger partial charge in [0.05, 0.1) is 16.5 Å². The van der Waals surface area contributed by atoms with Crippen molar-refractivity contribution in [1.29, 1.82) is 0 Å². The van der Waals surface area contributed by atoms with Crippen LogP contribution in [0.15, 0.2) is 12.3 Å². The van der Waals surface area contributed by atoms with Crippen LogP contribution in [0.2, 0.25) is 0 Å². The molecule has 1 fully saturated rings. The number of anilines is 1. The second kappa shape index (κ2) is 11.9. The van der Waals surface area contributed by atoms with Gasteiger partial charge in [0.2, 0.25) is 0 Å². The normalized spacial score (nSPS) is 19.6. The molecule has 3 rings (SSSR count). The molecule has 14 heteroatoms. The van der Waals surface area contributed by atoms with E-state index < -0.39 is 53.5 Å². The third kappa shape index (κ3) is 6.88. The number of alkyl halides is 5. The molecule has 222 valence electrons. The van der Waals surface area contributed by atoms with Crippen LogP contribution in [0.1, 0.15) is 93.1 Å². The average molecular weight is 592 g/mol. The molecular weight excluding hydrogens is 557 g/mol. The van der Waals surface area contributed by atoms with E-state index in [1.165, 1.54) is 13.8 Å². The zero-order valence-corrected chi connectivity index (χ0v) is 23.9. The van der Waals surface area contributed by atoms with E-state index in [1.54, 1.807) is 11.8 Å². The maximum absolute atomic E-state index is 14.2. The smallest absolute Gasteiger partial charge is 0.388 e. The van der Waals surface area contributed by atoms with Crippen LogP contribution in [-0.4, -0.2) is 67.7 Å². The predicted octanol–water partition coefficient (Wildman–Crippen LogP) is 5.80. The lowest BCUT2D eigenvalue weighted by molar-refractivity contribution is -0.138. The van der Waals surface area contributed by atoms with Crippen molar-refractivity contribution in [2.75, 3.05) is 5.32 Å². The molecule has 0 saturated carbocycles. The van der Waals surface area contributed by atoms with Gasteiger partial charge in [0.15, 0.2) is 5.01 Å². The number of aromatic nitrogens is 2. The standard InChI is InChI=1S/C26H34F5N5O3S/c1-7-15-9-8-12(2)36(15)24(38)19-20(40-23(35-19)22(37)34-13(3)25(5,6)39)17-11-32-18(10-16(17)21(27)28)33-14(4)26(29,30)31/h10-15,21,39H,7-9H2,1-6H3,(H,32,33)(H,34,37)/t12?,13-,14-,15?/m0/s1. The molecule has 0 bridgehead atoms. The second-order valence-corrected chi connectivity index (χ2v) is 11.6. The topological polar surface area (TPSA) is 107 Å². The first-order valence-electron chi connectivity index (χ1n) is 12.9. The third-order valence-corrected chi connectivity index (χ3v) is 8.28. The molecule has 40 heavy (non-hydrogen) atoms. The van der Waals surface area contributed by atoms with Crippen molar-refractivity contribution in [3.05, 3.63) is 28.5 Å². The first kappa shape index (κ1) is 31.7. The van der Waals surface area contributed by atoms with Crippen LogP contribution in [0.3, 0.4) is 0 Å². The Morgan fingerprint density at radius 1 is 1.20 bits per heavy atom. The van der Waals surface area contributed by atoms with Crippen LogP contribution in [0.4, 0.5) is 27.8 Å². The van der Waals surface area contributed by atoms with Crippen LogP contribution >= 0.6 is 11.3 Å². The minimum atomic E-state index is -4.63. The molecule has 4 atom stereocenters. The van der Waals surface area contributed by atoms with Gasteiger partial charge in [-0.3, -0.25) is 9.59 Å². The summed E-state index contributed by atoms with van der Waals surface area (Å²) in [6, 6.07) is -2.21. The molecule has 3 heterocycles. The van der Waals surface area contributed by atoms with Crippen molar-refractivity contribution < 1.29 is 36.6 Å². The number of carbonyl (C=O) groups excluding carboxylic acids is 2. The minimum absolute atomic E-state index is 0.0433. The van der Waals surface area contributed by atoms with Gasteiger partial charge in [-0.05, 0) is 59.9 Å². The molecule has 0 aromatic carbocycles. The van der Waals surface area contributed by atoms with E-state index >= 15 is 0 Å². The minimum Gasteiger partial charge on any atom is -0.388 e. The Labute approximate surface area is 233 Å². The Bertz CT molecular complexity index is 1230. The highest BCUT2D eigenvalue weighted by atomic mass is 32.1. The summed E-state index contributed by atoms with van der Waals surface area (Å²) in [6.45, 7) is 9.19. The molecule has 0 radical (unpaired) electrons. The fourth-order valence-electron chi connectivity index (χ4n) is 4.36. The van der Waals surface area contributed by atoms with E-state index in [-0.39, 0.29) is 33.2 Å². The summed E-state index contributed by atoms with van der Waals surface area (Å²) in [4.78, 5) is 36.6. The molecule has 3 N–H and O–H groups in total. The number of amides is 2. The molecule has 1 aliphatic rings. The van der Waals surface area contributed by atoms with Crippen LogP contribution in [0.5, 0.6) is 0 Å². The number of halogens is 5. The SMILES string of the molecule is CCC1CCC(C)N1C(=O)c1nc(C(=O)N[C@@H](C)C(C)(C)O)sc1-c1cnc(N[C@@H](C)C(F)(F)F)cc1C(F)F. The van der Waals surface area contributed by atoms with Crippen molar-refractivity contribution >= 4 is 29.0 Å². The quantitative estimate of drug-likeness (QED) is 0.319. The largest absolute Gasteiger partial charge is 0.408 e. The van der Waals surface area contributed by atoms with Gasteiger partial charge in [-0.15, -0.1) is 11.3 Å². The van der Waals surface area contributed by atoms with E-state index in [0.29, 0.717) is 17.8 Å². The molecular formula is C26H34F5N5O3S. The van der Waals surface area contributed by atoms with Crippen molar-refractivity contribution in [3.63, 3.8) is 0 Å². The van der Waals surface area contributed by atoms with Gasteiger partial charge in [-0.1, -0.05) is 6.92 Å². The number of thiazole rings is 1. The van der Waals surface area contributed by atoms with E-state index in [2.05, 4.69) is 20.6 Å². The van der Waals surface area contributed by atoms with Crippen molar-refractivity contribution in [2.24, 2.45) is 0 Å². The lowest BCUT2D eigenvalue weighted by Crippen LogP contribution is -2.47. The summed E-state index contributed by atoms with van der Waals surface area (Å²) in [5, 5.41) is 14.7. The number of rotatable bonds is 9. The summed E-state index contributed by atoms with van der Waals surface area (Å²) in [6.07, 6.45) is -4.65. The lowest BCUT2D eigenvalue weighted by atomic mass is 10.0. The Morgan fingerprint density at radius 3 is 2.40 bits per heavy atom. The molecule has 1 saturated heterocycles. The van der Waals surface area contributed by atoms with E-state index in [4.69, 9.17) is 0 Å². The number of nitrogens with zero attached hydrogens (tertiary/aromatic N) is 3. The number of aliphatic hydroxyl groups is 1. The van der Waals surface area contributed by atoms with Gasteiger partial charge in [0.1, 0.15) is 17.6 Å². The number of hydrogen-bond acceptors (Lipinski definition) is 7. The summed E-state index contributed by atoms with van der Waals surface area (Å²) in [5.74, 6) is -1.67. The van der Waals surface area contributed by atoms with Crippen LogP contribution < -0.4 is 10.6 Å². The van der Waals surface area contributed by atoms with E-state index in [9.17, 15) is 36.6 Å². The van der Waals surface area contributed by atoms with Crippen molar-refractivity contribution in [3.8, 4) is 10.4 Å². The first-order chi connectivity index (χ1) is 18.4. The highest BCUT2D eigenvalue weighted by Crippen LogP contribution is 2.40. The Morgan fingerprint density at radius 2 is 1.85 bits per heavy atom. The molecule has 2 amide bonds. The highest BCUT2D eigenvalue weighted by Gasteiger charge is 2.39. The molecule has 2 aromatic rings. The van der Waals surface area contributed by atoms with Gasteiger partial charge in [-0.2, -0.15) is 13.2 Å². The number of likely N-dealkylation sites (tertiary alicyclic amines) is 1. The average Bonchev–Trinajstić information content (AvgIpc) is 3.46. The summed E-state index contributed by atoms with van der Waals surface area (Å²) >= 11 is 0.700. The van der Waals surface area contributed by atoms with Gasteiger partial charge < -0.3 is 20.6 Å². The Kier molecular flexibility index (Phi) is 9.44. The van der Waals surface area contributed by atoms with Crippen LogP contribution in [-0.2, 0) is 0 Å². The van der Waals surface area contributed by atoms with Gasteiger partial charge in [0, 0.05) is 29.4 Å². The number of hydrogen-bond donors (Lipinski definition) is 3. The zero-order chi connectivity index (χ0) is 30.2. The number of nitrogens with one attached hydrogen (secondary N) is 2. The Balaban J connectivity index is 2.13. The molecule has 1 aliphatic heterocycles. The molecule has 2 aromatic heterocycles. The van der Waals surface area contributed by atoms with E-state index in [1.807, 2.05) is 13.8 Å². The second-order valence-electron chi connectivity index (χ2n) is 10.6. The lowest BCUT2D eigenvalue weighted by Gasteiger charge is -2.27. The summed E-state index contributed by atoms with van der Waals surface area (Å²) < 4.78 is 67.6. The van der Waals surface area contributed by atoms with Crippen LogP contribution in [0.25, 0.3) is 10.4 Å². The third-order valence-electron chi connectivity index (χ3n) is 7.19. The molecule has 8 nitrogen and oxygen atoms in total. The number of carbonyl (C=O) groups is 2. The Hall–Kier alpha value is -2.87. The van der Waals surface area contributed by atoms with Gasteiger partial charge in [-0.25, -0.2) is 18.7 Å². The molecule has 0 aliphatic carbocycles. The van der Waals surface area contributed by atoms with Crippen LogP contribution in [0, 0.1) is 0 Å². The highest BCUT2D eigenvalue weighted by molar-refractivity contribution is 7.17. The molecule has 2 unspecified atom stereocenters. The fraction of sp³-hybridized carbons (Fsp3) is 0.615. The zero-order valence-electron chi connectivity index (χ0n) is 23.1. The van der Waals surface area contributed by atoms with Crippen molar-refractivity contribution in [1.82, 2.24) is 20.2 Å². The van der Waals surface area contributed by atoms with E-state index in [0.717, 1.165) is 32.0 Å². The summed E-state index contributed by atoms with van der Waals surface area (Å²) in [5.41, 5.74) is -2.37. The predicted molar refractivity (Wildman–Crippen MR) is 142 cm³/mol. The number of pyridine rings is 1. The van der Waals surface area contributed by atoms with Gasteiger partial charge in [0.25, 0.3) is 18.2 Å². The first-order valence-corrected chi connectivity index (χ1v) is 13.8. The fourth-order valence-corrected chi connectivity index (χ4v) is 5.36. The monoisotopic (exact) mass is 591 g/mol.